The fourth-order valence-electron chi connectivity index (χ4n) is 4.73. The number of nitrogens with zero attached hydrogens (tertiary/aromatic N) is 1. The normalized spacial score (nSPS) is 18.3. The van der Waals surface area contributed by atoms with Crippen molar-refractivity contribution in [2.45, 2.75) is 50.7 Å². The molecule has 4 rings (SSSR count). The molecule has 0 bridgehead atoms. The first-order valence-corrected chi connectivity index (χ1v) is 15.7. The van der Waals surface area contributed by atoms with Crippen LogP contribution in [-0.4, -0.2) is 65.1 Å². The van der Waals surface area contributed by atoms with Crippen LogP contribution in [0, 0.1) is 5.92 Å². The molecule has 1 saturated heterocycles. The van der Waals surface area contributed by atoms with E-state index in [2.05, 4.69) is 10.6 Å². The van der Waals surface area contributed by atoms with Gasteiger partial charge < -0.3 is 20.1 Å². The zero-order valence-electron chi connectivity index (χ0n) is 22.3. The van der Waals surface area contributed by atoms with Gasteiger partial charge in [0.15, 0.2) is 0 Å². The van der Waals surface area contributed by atoms with Gasteiger partial charge in [0, 0.05) is 18.1 Å². The summed E-state index contributed by atoms with van der Waals surface area (Å²) in [5.41, 5.74) is 0.924. The van der Waals surface area contributed by atoms with Gasteiger partial charge in [-0.1, -0.05) is 49.6 Å². The summed E-state index contributed by atoms with van der Waals surface area (Å²) in [6.45, 7) is 0.331. The third-order valence-electron chi connectivity index (χ3n) is 6.96. The molecule has 2 N–H and O–H groups in total. The van der Waals surface area contributed by atoms with Crippen molar-refractivity contribution in [2.75, 3.05) is 30.2 Å². The topological polar surface area (TPSA) is 97.0 Å². The number of methoxy groups -OCH3 is 1. The molecule has 2 aromatic carbocycles. The van der Waals surface area contributed by atoms with Crippen LogP contribution < -0.4 is 15.4 Å². The van der Waals surface area contributed by atoms with Gasteiger partial charge in [0.05, 0.1) is 13.0 Å². The summed E-state index contributed by atoms with van der Waals surface area (Å²) < 4.78 is 10.7. The van der Waals surface area contributed by atoms with Crippen molar-refractivity contribution in [3.63, 3.8) is 0 Å². The molecular formula is C29H37N3O5S2. The van der Waals surface area contributed by atoms with Gasteiger partial charge in [-0.05, 0) is 54.3 Å². The highest BCUT2D eigenvalue weighted by molar-refractivity contribution is 7.99. The fourth-order valence-corrected chi connectivity index (χ4v) is 7.14. The van der Waals surface area contributed by atoms with E-state index in [1.165, 1.54) is 55.9 Å². The maximum atomic E-state index is 13.3. The minimum Gasteiger partial charge on any atom is -0.457 e. The van der Waals surface area contributed by atoms with E-state index in [4.69, 9.17) is 9.47 Å². The van der Waals surface area contributed by atoms with Gasteiger partial charge in [-0.3, -0.25) is 14.5 Å². The molecule has 0 spiro atoms. The predicted octanol–water partition coefficient (Wildman–Crippen LogP) is 5.03. The Bertz CT molecular complexity index is 1080. The minimum atomic E-state index is -0.697. The Balaban J connectivity index is 1.33. The third kappa shape index (κ3) is 8.83. The Kier molecular flexibility index (Phi) is 11.3. The molecule has 0 aromatic heterocycles. The molecule has 0 radical (unpaired) electrons. The van der Waals surface area contributed by atoms with Crippen LogP contribution in [0.3, 0.4) is 0 Å². The van der Waals surface area contributed by atoms with Crippen LogP contribution in [0.15, 0.2) is 54.6 Å². The molecule has 10 heteroatoms. The maximum absolute atomic E-state index is 13.3. The van der Waals surface area contributed by atoms with Gasteiger partial charge in [-0.15, -0.1) is 11.8 Å². The number of amides is 3. The first kappa shape index (κ1) is 29.1. The number of benzene rings is 2. The fraction of sp³-hybridized carbons (Fsp3) is 0.483. The first-order chi connectivity index (χ1) is 19.0. The van der Waals surface area contributed by atoms with Crippen LogP contribution in [0.1, 0.15) is 37.7 Å². The zero-order valence-corrected chi connectivity index (χ0v) is 23.9. The minimum absolute atomic E-state index is 0.237. The highest BCUT2D eigenvalue weighted by atomic mass is 32.2. The van der Waals surface area contributed by atoms with E-state index in [1.807, 2.05) is 54.6 Å². The van der Waals surface area contributed by atoms with Crippen LogP contribution >= 0.6 is 23.5 Å². The molecule has 210 valence electrons. The summed E-state index contributed by atoms with van der Waals surface area (Å²) in [4.78, 5) is 39.9. The molecule has 2 fully saturated rings. The lowest BCUT2D eigenvalue weighted by atomic mass is 9.91. The third-order valence-corrected chi connectivity index (χ3v) is 9.25. The Hall–Kier alpha value is -2.85. The van der Waals surface area contributed by atoms with Crippen LogP contribution in [0.25, 0.3) is 0 Å². The van der Waals surface area contributed by atoms with E-state index in [0.29, 0.717) is 35.6 Å². The van der Waals surface area contributed by atoms with E-state index < -0.39 is 18.2 Å². The quantitative estimate of drug-likeness (QED) is 0.390. The predicted molar refractivity (Wildman–Crippen MR) is 156 cm³/mol. The van der Waals surface area contributed by atoms with Crippen molar-refractivity contribution in [3.05, 3.63) is 60.2 Å². The van der Waals surface area contributed by atoms with Crippen molar-refractivity contribution in [2.24, 2.45) is 5.92 Å². The molecule has 2 aromatic rings. The van der Waals surface area contributed by atoms with Gasteiger partial charge in [-0.2, -0.15) is 11.8 Å². The molecule has 1 aliphatic carbocycles. The summed E-state index contributed by atoms with van der Waals surface area (Å²) in [6, 6.07) is 15.8. The lowest BCUT2D eigenvalue weighted by Crippen LogP contribution is -2.54. The zero-order chi connectivity index (χ0) is 27.5. The number of carbonyl (C=O) groups excluding carboxylic acids is 3. The number of para-hydroxylation sites is 1. The van der Waals surface area contributed by atoms with E-state index in [0.717, 1.165) is 17.1 Å². The Labute approximate surface area is 238 Å². The van der Waals surface area contributed by atoms with Crippen molar-refractivity contribution in [1.29, 1.82) is 0 Å². The number of hydrogen-bond donors (Lipinski definition) is 2. The SMILES string of the molecule is COC(=O)N1CSC[C@H]1C(=O)N[C@@H](CSCC1CCCCC1)C(=O)NCc1ccc(Oc2ccccc2)cc1. The standard InChI is InChI=1S/C29H37N3O5S2/c1-36-29(35)32-20-39-19-26(32)28(34)31-25(18-38-17-22-8-4-2-5-9-22)27(33)30-16-21-12-14-24(15-13-21)37-23-10-6-3-7-11-23/h3,6-7,10-15,22,25-26H,2,4-5,8-9,16-20H2,1H3,(H,30,33)(H,31,34)/t25-,26-/m0/s1. The van der Waals surface area contributed by atoms with Crippen LogP contribution in [-0.2, 0) is 20.9 Å². The van der Waals surface area contributed by atoms with E-state index >= 15 is 0 Å². The summed E-state index contributed by atoms with van der Waals surface area (Å²) >= 11 is 3.21. The largest absolute Gasteiger partial charge is 0.457 e. The van der Waals surface area contributed by atoms with Gasteiger partial charge in [0.25, 0.3) is 0 Å². The number of ether oxygens (including phenoxy) is 2. The average Bonchev–Trinajstić information content (AvgIpc) is 3.47. The molecule has 2 aliphatic rings. The lowest BCUT2D eigenvalue weighted by Gasteiger charge is -2.25. The molecule has 3 amide bonds. The first-order valence-electron chi connectivity index (χ1n) is 13.4. The highest BCUT2D eigenvalue weighted by Crippen LogP contribution is 2.27. The van der Waals surface area contributed by atoms with Crippen molar-refractivity contribution < 1.29 is 23.9 Å². The average molecular weight is 572 g/mol. The van der Waals surface area contributed by atoms with Crippen LogP contribution in [0.4, 0.5) is 4.79 Å². The Morgan fingerprint density at radius 3 is 2.46 bits per heavy atom. The van der Waals surface area contributed by atoms with Crippen molar-refractivity contribution in [3.8, 4) is 11.5 Å². The molecule has 8 nitrogen and oxygen atoms in total. The maximum Gasteiger partial charge on any atom is 0.410 e. The molecule has 0 unspecified atom stereocenters. The second-order valence-electron chi connectivity index (χ2n) is 9.84. The Morgan fingerprint density at radius 1 is 1.03 bits per heavy atom. The van der Waals surface area contributed by atoms with E-state index in [-0.39, 0.29) is 11.8 Å². The van der Waals surface area contributed by atoms with Crippen molar-refractivity contribution >= 4 is 41.4 Å². The highest BCUT2D eigenvalue weighted by Gasteiger charge is 2.37. The number of nitrogens with one attached hydrogen (secondary N) is 2. The smallest absolute Gasteiger partial charge is 0.410 e. The molecule has 39 heavy (non-hydrogen) atoms. The summed E-state index contributed by atoms with van der Waals surface area (Å²) in [5.74, 6) is 3.90. The molecule has 1 saturated carbocycles. The Morgan fingerprint density at radius 2 is 1.74 bits per heavy atom. The second kappa shape index (κ2) is 15.1. The van der Waals surface area contributed by atoms with E-state index in [1.54, 1.807) is 11.8 Å². The number of carbonyl (C=O) groups is 3. The van der Waals surface area contributed by atoms with E-state index in [9.17, 15) is 14.4 Å². The monoisotopic (exact) mass is 571 g/mol. The summed E-state index contributed by atoms with van der Waals surface area (Å²) in [6.07, 6.45) is 5.76. The van der Waals surface area contributed by atoms with Crippen molar-refractivity contribution in [1.82, 2.24) is 15.5 Å². The summed E-state index contributed by atoms with van der Waals surface area (Å²) in [5, 5.41) is 5.90. The van der Waals surface area contributed by atoms with Gasteiger partial charge >= 0.3 is 6.09 Å². The van der Waals surface area contributed by atoms with Crippen LogP contribution in [0.2, 0.25) is 0 Å². The number of hydrogen-bond acceptors (Lipinski definition) is 7. The van der Waals surface area contributed by atoms with Crippen LogP contribution in [0.5, 0.6) is 11.5 Å². The second-order valence-corrected chi connectivity index (χ2v) is 11.9. The number of rotatable bonds is 11. The molecule has 2 atom stereocenters. The van der Waals surface area contributed by atoms with Gasteiger partial charge in [0.1, 0.15) is 23.6 Å². The number of thioether (sulfide) groups is 2. The molecular weight excluding hydrogens is 534 g/mol. The molecule has 1 heterocycles. The molecule has 1 aliphatic heterocycles. The van der Waals surface area contributed by atoms with Gasteiger partial charge in [-0.25, -0.2) is 4.79 Å². The summed E-state index contributed by atoms with van der Waals surface area (Å²) in [7, 11) is 1.30. The lowest BCUT2D eigenvalue weighted by molar-refractivity contribution is -0.130. The van der Waals surface area contributed by atoms with Gasteiger partial charge in [0.2, 0.25) is 11.8 Å².